The SMILES string of the molecule is CCC(=NO)c1oc(P(=O)(O)O)cc1CC. The van der Waals surface area contributed by atoms with Gasteiger partial charge < -0.3 is 19.4 Å². The molecular formula is C9H14NO5P. The summed E-state index contributed by atoms with van der Waals surface area (Å²) < 4.78 is 16.1. The van der Waals surface area contributed by atoms with Gasteiger partial charge in [0.1, 0.15) is 5.71 Å². The fourth-order valence-electron chi connectivity index (χ4n) is 1.34. The Balaban J connectivity index is 3.30. The highest BCUT2D eigenvalue weighted by molar-refractivity contribution is 7.59. The molecule has 6 nitrogen and oxygen atoms in total. The molecule has 1 rings (SSSR count). The average Bonchev–Trinajstić information content (AvgIpc) is 2.63. The first-order valence-corrected chi connectivity index (χ1v) is 6.45. The van der Waals surface area contributed by atoms with Gasteiger partial charge in [-0.25, -0.2) is 0 Å². The molecule has 1 aromatic rings. The first-order valence-electron chi connectivity index (χ1n) is 4.84. The van der Waals surface area contributed by atoms with Gasteiger partial charge in [-0.2, -0.15) is 0 Å². The molecule has 0 atom stereocenters. The van der Waals surface area contributed by atoms with Crippen molar-refractivity contribution in [3.8, 4) is 0 Å². The molecule has 90 valence electrons. The smallest absolute Gasteiger partial charge is 0.391 e. The lowest BCUT2D eigenvalue weighted by Crippen LogP contribution is -2.02. The Labute approximate surface area is 92.7 Å². The summed E-state index contributed by atoms with van der Waals surface area (Å²) in [7, 11) is -4.40. The highest BCUT2D eigenvalue weighted by Gasteiger charge is 2.26. The molecule has 0 fully saturated rings. The second-order valence-corrected chi connectivity index (χ2v) is 4.77. The van der Waals surface area contributed by atoms with Crippen LogP contribution in [0.1, 0.15) is 31.6 Å². The Morgan fingerprint density at radius 1 is 1.50 bits per heavy atom. The maximum absolute atomic E-state index is 11.0. The van der Waals surface area contributed by atoms with Gasteiger partial charge in [0.2, 0.25) is 5.50 Å². The Morgan fingerprint density at radius 3 is 2.50 bits per heavy atom. The van der Waals surface area contributed by atoms with Crippen LogP contribution < -0.4 is 5.50 Å². The van der Waals surface area contributed by atoms with E-state index in [9.17, 15) is 4.57 Å². The summed E-state index contributed by atoms with van der Waals surface area (Å²) >= 11 is 0. The monoisotopic (exact) mass is 247 g/mol. The van der Waals surface area contributed by atoms with Crippen molar-refractivity contribution in [2.24, 2.45) is 5.16 Å². The number of oxime groups is 1. The van der Waals surface area contributed by atoms with Crippen molar-refractivity contribution in [1.29, 1.82) is 0 Å². The molecule has 7 heteroatoms. The summed E-state index contributed by atoms with van der Waals surface area (Å²) in [6, 6.07) is 1.30. The van der Waals surface area contributed by atoms with E-state index >= 15 is 0 Å². The van der Waals surface area contributed by atoms with Gasteiger partial charge in [0.05, 0.1) is 0 Å². The molecule has 0 spiro atoms. The Bertz CT molecular complexity index is 445. The third-order valence-corrected chi connectivity index (χ3v) is 2.98. The molecule has 0 aliphatic heterocycles. The Kier molecular flexibility index (Phi) is 3.91. The summed E-state index contributed by atoms with van der Waals surface area (Å²) in [5.41, 5.74) is 0.499. The van der Waals surface area contributed by atoms with Gasteiger partial charge >= 0.3 is 7.60 Å². The highest BCUT2D eigenvalue weighted by Crippen LogP contribution is 2.35. The van der Waals surface area contributed by atoms with Crippen LogP contribution in [0.15, 0.2) is 15.6 Å². The zero-order chi connectivity index (χ0) is 12.3. The van der Waals surface area contributed by atoms with Crippen molar-refractivity contribution in [2.45, 2.75) is 26.7 Å². The molecule has 0 saturated heterocycles. The molecule has 0 saturated carbocycles. The summed E-state index contributed by atoms with van der Waals surface area (Å²) in [5.74, 6) is 0.242. The molecule has 0 aromatic carbocycles. The number of nitrogens with zero attached hydrogens (tertiary/aromatic N) is 1. The van der Waals surface area contributed by atoms with Crippen LogP contribution in [0.25, 0.3) is 0 Å². The van der Waals surface area contributed by atoms with E-state index in [1.165, 1.54) is 6.07 Å². The Morgan fingerprint density at radius 2 is 2.12 bits per heavy atom. The van der Waals surface area contributed by atoms with E-state index in [0.717, 1.165) is 0 Å². The van der Waals surface area contributed by atoms with Crippen LogP contribution in [-0.4, -0.2) is 20.7 Å². The van der Waals surface area contributed by atoms with E-state index in [2.05, 4.69) is 5.16 Å². The lowest BCUT2D eigenvalue weighted by atomic mass is 10.1. The van der Waals surface area contributed by atoms with Crippen molar-refractivity contribution in [2.75, 3.05) is 0 Å². The highest BCUT2D eigenvalue weighted by atomic mass is 31.2. The maximum atomic E-state index is 11.0. The van der Waals surface area contributed by atoms with E-state index in [0.29, 0.717) is 18.4 Å². The normalized spacial score (nSPS) is 13.1. The summed E-state index contributed by atoms with van der Waals surface area (Å²) in [6.45, 7) is 3.58. The second-order valence-electron chi connectivity index (χ2n) is 3.24. The molecule has 0 aliphatic rings. The van der Waals surface area contributed by atoms with Gasteiger partial charge in [0.15, 0.2) is 5.76 Å². The average molecular weight is 247 g/mol. The van der Waals surface area contributed by atoms with Crippen LogP contribution in [0.3, 0.4) is 0 Å². The third-order valence-electron chi connectivity index (χ3n) is 2.18. The minimum atomic E-state index is -4.40. The molecule has 0 aliphatic carbocycles. The predicted molar refractivity (Wildman–Crippen MR) is 58.4 cm³/mol. The summed E-state index contributed by atoms with van der Waals surface area (Å²) in [6.07, 6.45) is 0.954. The number of hydrogen-bond acceptors (Lipinski definition) is 4. The first kappa shape index (κ1) is 13.0. The molecule has 0 radical (unpaired) electrons. The summed E-state index contributed by atoms with van der Waals surface area (Å²) in [5, 5.41) is 11.8. The fraction of sp³-hybridized carbons (Fsp3) is 0.444. The van der Waals surface area contributed by atoms with Crippen molar-refractivity contribution < 1.29 is 24.0 Å². The lowest BCUT2D eigenvalue weighted by molar-refractivity contribution is 0.316. The minimum Gasteiger partial charge on any atom is -0.446 e. The summed E-state index contributed by atoms with van der Waals surface area (Å²) in [4.78, 5) is 17.9. The quantitative estimate of drug-likeness (QED) is 0.321. The molecule has 1 heterocycles. The number of furan rings is 1. The molecular weight excluding hydrogens is 233 g/mol. The topological polar surface area (TPSA) is 103 Å². The molecule has 0 unspecified atom stereocenters. The first-order chi connectivity index (χ1) is 7.43. The molecule has 16 heavy (non-hydrogen) atoms. The molecule has 0 bridgehead atoms. The number of hydrogen-bond donors (Lipinski definition) is 3. The molecule has 1 aromatic heterocycles. The van der Waals surface area contributed by atoms with Gasteiger partial charge in [0.25, 0.3) is 0 Å². The zero-order valence-corrected chi connectivity index (χ0v) is 9.94. The van der Waals surface area contributed by atoms with Crippen LogP contribution in [-0.2, 0) is 11.0 Å². The van der Waals surface area contributed by atoms with Gasteiger partial charge in [0, 0.05) is 5.56 Å². The number of rotatable bonds is 4. The van der Waals surface area contributed by atoms with E-state index in [1.54, 1.807) is 6.92 Å². The Hall–Kier alpha value is -1.10. The maximum Gasteiger partial charge on any atom is 0.391 e. The number of aryl methyl sites for hydroxylation is 1. The van der Waals surface area contributed by atoms with Crippen molar-refractivity contribution in [1.82, 2.24) is 0 Å². The van der Waals surface area contributed by atoms with Gasteiger partial charge in [-0.3, -0.25) is 4.57 Å². The predicted octanol–water partition coefficient (Wildman–Crippen LogP) is 1.23. The largest absolute Gasteiger partial charge is 0.446 e. The van der Waals surface area contributed by atoms with E-state index < -0.39 is 13.1 Å². The van der Waals surface area contributed by atoms with Crippen LogP contribution in [0.2, 0.25) is 0 Å². The van der Waals surface area contributed by atoms with Crippen molar-refractivity contribution >= 4 is 18.8 Å². The third kappa shape index (κ3) is 2.52. The van der Waals surface area contributed by atoms with Gasteiger partial charge in [-0.1, -0.05) is 19.0 Å². The van der Waals surface area contributed by atoms with Crippen LogP contribution in [0.4, 0.5) is 0 Å². The zero-order valence-electron chi connectivity index (χ0n) is 9.04. The van der Waals surface area contributed by atoms with Gasteiger partial charge in [-0.15, -0.1) is 0 Å². The van der Waals surface area contributed by atoms with Crippen molar-refractivity contribution in [3.63, 3.8) is 0 Å². The standard InChI is InChI=1S/C9H14NO5P/c1-3-6-5-8(16(12,13)14)15-9(6)7(4-2)10-11/h5,11H,3-4H2,1-2H3,(H2,12,13,14). The fourth-order valence-corrected chi connectivity index (χ4v) is 1.88. The van der Waals surface area contributed by atoms with E-state index in [1.807, 2.05) is 6.92 Å². The van der Waals surface area contributed by atoms with Gasteiger partial charge in [-0.05, 0) is 18.9 Å². The van der Waals surface area contributed by atoms with E-state index in [4.69, 9.17) is 19.4 Å². The lowest BCUT2D eigenvalue weighted by Gasteiger charge is -2.00. The molecule has 0 amide bonds. The second kappa shape index (κ2) is 4.82. The van der Waals surface area contributed by atoms with Crippen molar-refractivity contribution in [3.05, 3.63) is 17.4 Å². The van der Waals surface area contributed by atoms with Crippen LogP contribution >= 0.6 is 7.60 Å². The minimum absolute atomic E-state index is 0.242. The van der Waals surface area contributed by atoms with Crippen LogP contribution in [0.5, 0.6) is 0 Å². The van der Waals surface area contributed by atoms with E-state index in [-0.39, 0.29) is 11.5 Å². The van der Waals surface area contributed by atoms with Crippen LogP contribution in [0, 0.1) is 0 Å². The molecule has 3 N–H and O–H groups in total.